The van der Waals surface area contributed by atoms with E-state index in [2.05, 4.69) is 29.6 Å². The summed E-state index contributed by atoms with van der Waals surface area (Å²) < 4.78 is 5.79. The minimum atomic E-state index is 0.619. The van der Waals surface area contributed by atoms with Crippen molar-refractivity contribution in [1.82, 2.24) is 0 Å². The number of ether oxygens (including phenoxy) is 1. The first kappa shape index (κ1) is 11.1. The molecule has 0 heterocycles. The number of hydrogen-bond acceptors (Lipinski definition) is 2. The van der Waals surface area contributed by atoms with Gasteiger partial charge in [-0.05, 0) is 30.5 Å². The highest BCUT2D eigenvalue weighted by atomic mass is 16.5. The molecule has 1 aliphatic rings. The summed E-state index contributed by atoms with van der Waals surface area (Å²) in [5, 5.41) is 3.47. The SMILES string of the molecule is c1ccc(COc2cccc(NC3CC3)c2)cc1. The van der Waals surface area contributed by atoms with Crippen molar-refractivity contribution in [2.45, 2.75) is 25.5 Å². The lowest BCUT2D eigenvalue weighted by Gasteiger charge is -2.09. The van der Waals surface area contributed by atoms with Crippen molar-refractivity contribution >= 4 is 5.69 Å². The highest BCUT2D eigenvalue weighted by Gasteiger charge is 2.20. The first-order valence-corrected chi connectivity index (χ1v) is 6.43. The fraction of sp³-hybridized carbons (Fsp3) is 0.250. The van der Waals surface area contributed by atoms with Gasteiger partial charge in [0.1, 0.15) is 12.4 Å². The number of rotatable bonds is 5. The second-order valence-electron chi connectivity index (χ2n) is 4.72. The van der Waals surface area contributed by atoms with Crippen molar-refractivity contribution in [1.29, 1.82) is 0 Å². The highest BCUT2D eigenvalue weighted by molar-refractivity contribution is 5.49. The van der Waals surface area contributed by atoms with E-state index in [1.54, 1.807) is 0 Å². The third kappa shape index (κ3) is 3.04. The van der Waals surface area contributed by atoms with E-state index in [0.717, 1.165) is 11.4 Å². The summed E-state index contributed by atoms with van der Waals surface area (Å²) in [6.45, 7) is 0.619. The summed E-state index contributed by atoms with van der Waals surface area (Å²) in [6.07, 6.45) is 2.57. The lowest BCUT2D eigenvalue weighted by molar-refractivity contribution is 0.306. The molecule has 1 saturated carbocycles. The maximum Gasteiger partial charge on any atom is 0.121 e. The maximum atomic E-state index is 5.79. The Kier molecular flexibility index (Phi) is 3.18. The molecule has 0 aliphatic heterocycles. The molecule has 1 N–H and O–H groups in total. The summed E-state index contributed by atoms with van der Waals surface area (Å²) in [4.78, 5) is 0. The third-order valence-corrected chi connectivity index (χ3v) is 3.03. The molecule has 2 aromatic rings. The predicted octanol–water partition coefficient (Wildman–Crippen LogP) is 3.84. The van der Waals surface area contributed by atoms with Gasteiger partial charge in [-0.3, -0.25) is 0 Å². The number of nitrogens with one attached hydrogen (secondary N) is 1. The minimum Gasteiger partial charge on any atom is -0.489 e. The normalized spacial score (nSPS) is 14.2. The van der Waals surface area contributed by atoms with Gasteiger partial charge in [-0.15, -0.1) is 0 Å². The average molecular weight is 239 g/mol. The Hall–Kier alpha value is -1.96. The van der Waals surface area contributed by atoms with Gasteiger partial charge in [0.05, 0.1) is 0 Å². The van der Waals surface area contributed by atoms with E-state index in [4.69, 9.17) is 4.74 Å². The molecule has 0 radical (unpaired) electrons. The van der Waals surface area contributed by atoms with E-state index >= 15 is 0 Å². The minimum absolute atomic E-state index is 0.619. The molecule has 0 unspecified atom stereocenters. The van der Waals surface area contributed by atoms with Crippen LogP contribution in [-0.2, 0) is 6.61 Å². The largest absolute Gasteiger partial charge is 0.489 e. The lowest BCUT2D eigenvalue weighted by Crippen LogP contribution is -2.01. The van der Waals surface area contributed by atoms with Crippen molar-refractivity contribution in [2.24, 2.45) is 0 Å². The molecule has 2 aromatic carbocycles. The standard InChI is InChI=1S/C16H17NO/c1-2-5-13(6-3-1)12-18-16-8-4-7-15(11-16)17-14-9-10-14/h1-8,11,14,17H,9-10,12H2. The smallest absolute Gasteiger partial charge is 0.121 e. The fourth-order valence-corrected chi connectivity index (χ4v) is 1.88. The highest BCUT2D eigenvalue weighted by Crippen LogP contribution is 2.26. The first-order valence-electron chi connectivity index (χ1n) is 6.43. The quantitative estimate of drug-likeness (QED) is 0.856. The van der Waals surface area contributed by atoms with Gasteiger partial charge in [-0.25, -0.2) is 0 Å². The van der Waals surface area contributed by atoms with Crippen LogP contribution in [0.15, 0.2) is 54.6 Å². The van der Waals surface area contributed by atoms with E-state index in [9.17, 15) is 0 Å². The maximum absolute atomic E-state index is 5.79. The Balaban J connectivity index is 1.61. The van der Waals surface area contributed by atoms with E-state index in [0.29, 0.717) is 12.6 Å². The number of hydrogen-bond donors (Lipinski definition) is 1. The molecule has 0 bridgehead atoms. The molecule has 0 amide bonds. The summed E-state index contributed by atoms with van der Waals surface area (Å²) in [5.74, 6) is 0.921. The van der Waals surface area contributed by atoms with E-state index < -0.39 is 0 Å². The Bertz CT molecular complexity index is 506. The molecule has 2 heteroatoms. The molecule has 18 heavy (non-hydrogen) atoms. The fourth-order valence-electron chi connectivity index (χ4n) is 1.88. The van der Waals surface area contributed by atoms with Crippen molar-refractivity contribution in [3.63, 3.8) is 0 Å². The molecular formula is C16H17NO. The van der Waals surface area contributed by atoms with Crippen molar-refractivity contribution in [3.8, 4) is 5.75 Å². The molecule has 0 saturated heterocycles. The van der Waals surface area contributed by atoms with Crippen LogP contribution in [-0.4, -0.2) is 6.04 Å². The van der Waals surface area contributed by atoms with Crippen molar-refractivity contribution in [2.75, 3.05) is 5.32 Å². The van der Waals surface area contributed by atoms with Crippen molar-refractivity contribution in [3.05, 3.63) is 60.2 Å². The van der Waals surface area contributed by atoms with Crippen LogP contribution in [0.4, 0.5) is 5.69 Å². The van der Waals surface area contributed by atoms with Crippen LogP contribution in [0.25, 0.3) is 0 Å². The van der Waals surface area contributed by atoms with Gasteiger partial charge in [-0.1, -0.05) is 36.4 Å². The van der Waals surface area contributed by atoms with Gasteiger partial charge < -0.3 is 10.1 Å². The molecular weight excluding hydrogens is 222 g/mol. The average Bonchev–Trinajstić information content (AvgIpc) is 3.22. The number of anilines is 1. The van der Waals surface area contributed by atoms with Gasteiger partial charge >= 0.3 is 0 Å². The summed E-state index contributed by atoms with van der Waals surface area (Å²) in [6, 6.07) is 19.1. The third-order valence-electron chi connectivity index (χ3n) is 3.03. The van der Waals surface area contributed by atoms with Gasteiger partial charge in [-0.2, -0.15) is 0 Å². The van der Waals surface area contributed by atoms with Gasteiger partial charge in [0, 0.05) is 17.8 Å². The zero-order valence-corrected chi connectivity index (χ0v) is 10.3. The second-order valence-corrected chi connectivity index (χ2v) is 4.72. The van der Waals surface area contributed by atoms with Gasteiger partial charge in [0.2, 0.25) is 0 Å². The summed E-state index contributed by atoms with van der Waals surface area (Å²) in [5.41, 5.74) is 2.35. The Morgan fingerprint density at radius 3 is 2.61 bits per heavy atom. The van der Waals surface area contributed by atoms with Crippen LogP contribution in [0.3, 0.4) is 0 Å². The van der Waals surface area contributed by atoms with Crippen LogP contribution in [0.2, 0.25) is 0 Å². The molecule has 1 aliphatic carbocycles. The summed E-state index contributed by atoms with van der Waals surface area (Å²) in [7, 11) is 0. The van der Waals surface area contributed by atoms with Crippen molar-refractivity contribution < 1.29 is 4.74 Å². The van der Waals surface area contributed by atoms with Crippen LogP contribution < -0.4 is 10.1 Å². The van der Waals surface area contributed by atoms with Gasteiger partial charge in [0.25, 0.3) is 0 Å². The molecule has 3 rings (SSSR count). The zero-order chi connectivity index (χ0) is 12.2. The Labute approximate surface area is 108 Å². The van der Waals surface area contributed by atoms with Crippen LogP contribution >= 0.6 is 0 Å². The van der Waals surface area contributed by atoms with E-state index in [-0.39, 0.29) is 0 Å². The Morgan fingerprint density at radius 1 is 1.00 bits per heavy atom. The molecule has 0 atom stereocenters. The molecule has 2 nitrogen and oxygen atoms in total. The topological polar surface area (TPSA) is 21.3 Å². The van der Waals surface area contributed by atoms with Crippen LogP contribution in [0.1, 0.15) is 18.4 Å². The van der Waals surface area contributed by atoms with E-state index in [1.807, 2.05) is 30.3 Å². The van der Waals surface area contributed by atoms with Crippen LogP contribution in [0, 0.1) is 0 Å². The second kappa shape index (κ2) is 5.13. The lowest BCUT2D eigenvalue weighted by atomic mass is 10.2. The molecule has 92 valence electrons. The molecule has 0 spiro atoms. The predicted molar refractivity (Wildman–Crippen MR) is 73.9 cm³/mol. The van der Waals surface area contributed by atoms with Gasteiger partial charge in [0.15, 0.2) is 0 Å². The number of benzene rings is 2. The van der Waals surface area contributed by atoms with Crippen LogP contribution in [0.5, 0.6) is 5.75 Å². The monoisotopic (exact) mass is 239 g/mol. The zero-order valence-electron chi connectivity index (χ0n) is 10.3. The Morgan fingerprint density at radius 2 is 1.83 bits per heavy atom. The molecule has 1 fully saturated rings. The summed E-state index contributed by atoms with van der Waals surface area (Å²) >= 11 is 0. The molecule has 0 aromatic heterocycles. The first-order chi connectivity index (χ1) is 8.90. The van der Waals surface area contributed by atoms with E-state index in [1.165, 1.54) is 18.4 Å².